The maximum absolute atomic E-state index is 13.7. The lowest BCUT2D eigenvalue weighted by atomic mass is 10.1. The third-order valence-corrected chi connectivity index (χ3v) is 11.2. The summed E-state index contributed by atoms with van der Waals surface area (Å²) in [6.45, 7) is 4.28. The van der Waals surface area contributed by atoms with E-state index in [-0.39, 0.29) is 50.1 Å². The highest BCUT2D eigenvalue weighted by Gasteiger charge is 2.30. The second-order valence-corrected chi connectivity index (χ2v) is 15.8. The Bertz CT molecular complexity index is 2370. The van der Waals surface area contributed by atoms with Gasteiger partial charge in [0, 0.05) is 56.8 Å². The lowest BCUT2D eigenvalue weighted by Gasteiger charge is -2.20. The lowest BCUT2D eigenvalue weighted by molar-refractivity contribution is -0.142. The van der Waals surface area contributed by atoms with E-state index in [0.29, 0.717) is 41.8 Å². The highest BCUT2D eigenvalue weighted by molar-refractivity contribution is 7.89. The highest BCUT2D eigenvalue weighted by Crippen LogP contribution is 2.27. The van der Waals surface area contributed by atoms with Crippen LogP contribution in [0.4, 0.5) is 10.6 Å². The number of hydrogen-bond donors (Lipinski definition) is 5. The fraction of sp³-hybridized carbons (Fsp3) is 0.349. The van der Waals surface area contributed by atoms with Gasteiger partial charge in [0.25, 0.3) is 5.91 Å². The number of aromatic nitrogens is 3. The van der Waals surface area contributed by atoms with Crippen molar-refractivity contribution in [3.8, 4) is 5.75 Å². The topological polar surface area (TPSA) is 221 Å². The van der Waals surface area contributed by atoms with Gasteiger partial charge in [0.05, 0.1) is 29.8 Å². The Kier molecular flexibility index (Phi) is 16.6. The zero-order chi connectivity index (χ0) is 43.8. The van der Waals surface area contributed by atoms with Crippen LogP contribution in [-0.4, -0.2) is 93.0 Å². The van der Waals surface area contributed by atoms with Crippen molar-refractivity contribution < 1.29 is 41.8 Å². The number of carbonyl (C=O) groups excluding carboxylic acids is 4. The third kappa shape index (κ3) is 13.5. The summed E-state index contributed by atoms with van der Waals surface area (Å²) >= 11 is 0. The Morgan fingerprint density at radius 3 is 2.31 bits per heavy atom. The van der Waals surface area contributed by atoms with E-state index < -0.39 is 34.0 Å². The second kappa shape index (κ2) is 22.2. The summed E-state index contributed by atoms with van der Waals surface area (Å²) in [4.78, 5) is 54.4. The molecule has 0 bridgehead atoms. The van der Waals surface area contributed by atoms with Crippen molar-refractivity contribution in [2.24, 2.45) is 7.05 Å². The van der Waals surface area contributed by atoms with Crippen LogP contribution in [0.5, 0.6) is 5.75 Å². The van der Waals surface area contributed by atoms with Crippen molar-refractivity contribution in [1.82, 2.24) is 35.4 Å². The number of alkyl carbamates (subject to hydrolysis) is 1. The van der Waals surface area contributed by atoms with Crippen molar-refractivity contribution in [3.05, 3.63) is 113 Å². The van der Waals surface area contributed by atoms with E-state index in [1.807, 2.05) is 54.6 Å². The Hall–Kier alpha value is -6.53. The van der Waals surface area contributed by atoms with E-state index in [4.69, 9.17) is 14.2 Å². The molecule has 18 heteroatoms. The largest absolute Gasteiger partial charge is 0.494 e. The molecule has 0 aliphatic heterocycles. The van der Waals surface area contributed by atoms with Crippen LogP contribution in [0.15, 0.2) is 90.0 Å². The van der Waals surface area contributed by atoms with Gasteiger partial charge in [0.1, 0.15) is 24.2 Å². The number of ether oxygens (including phenoxy) is 3. The predicted molar refractivity (Wildman–Crippen MR) is 229 cm³/mol. The van der Waals surface area contributed by atoms with E-state index in [1.54, 1.807) is 56.0 Å². The van der Waals surface area contributed by atoms with Crippen molar-refractivity contribution in [2.45, 2.75) is 57.1 Å². The van der Waals surface area contributed by atoms with Gasteiger partial charge in [0.15, 0.2) is 0 Å². The van der Waals surface area contributed by atoms with Gasteiger partial charge < -0.3 is 35.5 Å². The molecule has 5 N–H and O–H groups in total. The lowest BCUT2D eigenvalue weighted by Crippen LogP contribution is -2.49. The van der Waals surface area contributed by atoms with Gasteiger partial charge in [0.2, 0.25) is 15.9 Å². The Morgan fingerprint density at radius 2 is 1.59 bits per heavy atom. The van der Waals surface area contributed by atoms with Crippen LogP contribution in [0.1, 0.15) is 52.0 Å². The Morgan fingerprint density at radius 1 is 0.852 bits per heavy atom. The van der Waals surface area contributed by atoms with Crippen molar-refractivity contribution in [2.75, 3.05) is 45.2 Å². The summed E-state index contributed by atoms with van der Waals surface area (Å²) in [5, 5.41) is 16.8. The number of rotatable bonds is 22. The van der Waals surface area contributed by atoms with Crippen LogP contribution < -0.4 is 30.7 Å². The molecule has 0 aliphatic carbocycles. The van der Waals surface area contributed by atoms with E-state index in [1.165, 1.54) is 0 Å². The Labute approximate surface area is 355 Å². The molecule has 0 fully saturated rings. The molecule has 61 heavy (non-hydrogen) atoms. The van der Waals surface area contributed by atoms with E-state index in [0.717, 1.165) is 41.5 Å². The number of fused-ring (bicyclic) bond motifs is 1. The highest BCUT2D eigenvalue weighted by atomic mass is 32.2. The fourth-order valence-corrected chi connectivity index (χ4v) is 8.16. The number of esters is 1. The zero-order valence-corrected chi connectivity index (χ0v) is 35.5. The third-order valence-electron chi connectivity index (χ3n) is 9.45. The smallest absolute Gasteiger partial charge is 0.407 e. The van der Waals surface area contributed by atoms with Gasteiger partial charge in [-0.05, 0) is 86.2 Å². The number of amides is 3. The minimum atomic E-state index is -4.30. The first-order chi connectivity index (χ1) is 29.3. The SMILES string of the molecule is COC(=O)C(CNC(=O)c1ccc2c(CCCNc3ccccn3)nn(C)c2c1)NS(=O)(=O)c1c(C)cc(OCCCC(=O)NCCNC(=O)OCc2ccccc2)cc1C. The average Bonchev–Trinajstić information content (AvgIpc) is 3.57. The van der Waals surface area contributed by atoms with E-state index >= 15 is 0 Å². The summed E-state index contributed by atoms with van der Waals surface area (Å²) in [5.41, 5.74) is 3.52. The summed E-state index contributed by atoms with van der Waals surface area (Å²) in [5.74, 6) is -0.420. The number of pyridine rings is 1. The van der Waals surface area contributed by atoms with Gasteiger partial charge in [-0.1, -0.05) is 42.5 Å². The van der Waals surface area contributed by atoms with Crippen molar-refractivity contribution in [1.29, 1.82) is 0 Å². The monoisotopic (exact) mass is 856 g/mol. The molecule has 0 radical (unpaired) electrons. The summed E-state index contributed by atoms with van der Waals surface area (Å²) < 4.78 is 47.3. The zero-order valence-electron chi connectivity index (χ0n) is 34.7. The maximum atomic E-state index is 13.7. The number of carbonyl (C=O) groups is 4. The molecular formula is C43H52N8O9S. The molecule has 2 heterocycles. The van der Waals surface area contributed by atoms with Gasteiger partial charge >= 0.3 is 12.1 Å². The number of sulfonamides is 1. The molecule has 0 saturated heterocycles. The van der Waals surface area contributed by atoms with Gasteiger partial charge in [-0.25, -0.2) is 18.2 Å². The minimum absolute atomic E-state index is 0.0537. The first kappa shape index (κ1) is 45.6. The summed E-state index contributed by atoms with van der Waals surface area (Å²) in [6, 6.07) is 21.8. The van der Waals surface area contributed by atoms with E-state index in [2.05, 4.69) is 36.1 Å². The quantitative estimate of drug-likeness (QED) is 0.0491. The number of benzene rings is 3. The van der Waals surface area contributed by atoms with Gasteiger partial charge in [-0.2, -0.15) is 9.82 Å². The number of anilines is 1. The van der Waals surface area contributed by atoms with Gasteiger partial charge in [-0.15, -0.1) is 0 Å². The molecule has 17 nitrogen and oxygen atoms in total. The molecule has 0 spiro atoms. The molecule has 0 saturated carbocycles. The predicted octanol–water partition coefficient (Wildman–Crippen LogP) is 4.08. The molecule has 3 aromatic carbocycles. The average molecular weight is 857 g/mol. The molecule has 5 rings (SSSR count). The molecule has 0 aliphatic rings. The normalized spacial score (nSPS) is 11.7. The summed E-state index contributed by atoms with van der Waals surface area (Å²) in [6.07, 6.45) is 3.22. The van der Waals surface area contributed by atoms with Gasteiger partial charge in [-0.3, -0.25) is 19.1 Å². The number of hydrogen-bond acceptors (Lipinski definition) is 12. The molecular weight excluding hydrogens is 805 g/mol. The van der Waals surface area contributed by atoms with Crippen molar-refractivity contribution >= 4 is 50.6 Å². The van der Waals surface area contributed by atoms with E-state index in [9.17, 15) is 27.6 Å². The van der Waals surface area contributed by atoms with Crippen LogP contribution in [0, 0.1) is 13.8 Å². The molecule has 324 valence electrons. The number of nitrogens with zero attached hydrogens (tertiary/aromatic N) is 3. The number of aryl methyl sites for hydroxylation is 4. The number of nitrogens with one attached hydrogen (secondary N) is 5. The van der Waals surface area contributed by atoms with Crippen LogP contribution in [0.2, 0.25) is 0 Å². The first-order valence-electron chi connectivity index (χ1n) is 19.8. The molecule has 2 aromatic heterocycles. The molecule has 1 atom stereocenters. The number of methoxy groups -OCH3 is 1. The first-order valence-corrected chi connectivity index (χ1v) is 21.3. The second-order valence-electron chi connectivity index (χ2n) is 14.1. The molecule has 5 aromatic rings. The molecule has 3 amide bonds. The van der Waals surface area contributed by atoms with Crippen LogP contribution >= 0.6 is 0 Å². The van der Waals surface area contributed by atoms with Crippen LogP contribution in [0.25, 0.3) is 10.9 Å². The molecule has 1 unspecified atom stereocenters. The van der Waals surface area contributed by atoms with Crippen LogP contribution in [-0.2, 0) is 49.2 Å². The standard InChI is InChI=1S/C43H52N8O9S/c1-29-24-33(59-23-11-16-39(52)46-21-22-47-43(55)60-28-31-12-6-5-7-13-31)25-30(2)40(29)61(56,57)50-36(42(54)58-4)27-48-41(53)32-17-18-34-35(49-51(3)37(34)26-32)14-10-20-45-38-15-8-9-19-44-38/h5-9,12-13,15,17-19,24-26,36,50H,10-11,14,16,20-23,27-28H2,1-4H3,(H,44,45)(H,46,52)(H,47,55)(H,48,53). The minimum Gasteiger partial charge on any atom is -0.494 e. The van der Waals surface area contributed by atoms with Crippen molar-refractivity contribution in [3.63, 3.8) is 0 Å². The van der Waals surface area contributed by atoms with Crippen LogP contribution in [0.3, 0.4) is 0 Å². The fourth-order valence-electron chi connectivity index (χ4n) is 6.53. The Balaban J connectivity index is 1.07. The maximum Gasteiger partial charge on any atom is 0.407 e. The summed E-state index contributed by atoms with van der Waals surface area (Å²) in [7, 11) is -1.37.